The summed E-state index contributed by atoms with van der Waals surface area (Å²) < 4.78 is 0. The molecule has 1 aromatic rings. The molecule has 120 valence electrons. The van der Waals surface area contributed by atoms with Gasteiger partial charge in [-0.2, -0.15) is 0 Å². The van der Waals surface area contributed by atoms with Gasteiger partial charge >= 0.3 is 0 Å². The zero-order valence-electron chi connectivity index (χ0n) is 14.6. The van der Waals surface area contributed by atoms with Crippen LogP contribution in [0.5, 0.6) is 0 Å². The first-order valence-electron chi connectivity index (χ1n) is 8.90. The van der Waals surface area contributed by atoms with Gasteiger partial charge in [-0.1, -0.05) is 51.1 Å². The maximum absolute atomic E-state index is 3.25. The van der Waals surface area contributed by atoms with Crippen molar-refractivity contribution in [3.8, 4) is 11.8 Å². The summed E-state index contributed by atoms with van der Waals surface area (Å²) in [6.45, 7) is 10.7. The molecule has 0 aromatic heterocycles. The third-order valence-corrected chi connectivity index (χ3v) is 5.33. The molecule has 0 spiro atoms. The van der Waals surface area contributed by atoms with Crippen LogP contribution in [-0.2, 0) is 5.41 Å². The van der Waals surface area contributed by atoms with Crippen molar-refractivity contribution in [2.75, 3.05) is 19.6 Å². The van der Waals surface area contributed by atoms with E-state index in [9.17, 15) is 0 Å². The van der Waals surface area contributed by atoms with Crippen molar-refractivity contribution in [1.82, 2.24) is 4.90 Å². The van der Waals surface area contributed by atoms with E-state index in [0.717, 1.165) is 12.8 Å². The van der Waals surface area contributed by atoms with Crippen molar-refractivity contribution in [1.29, 1.82) is 0 Å². The number of benzene rings is 1. The van der Waals surface area contributed by atoms with Crippen molar-refractivity contribution < 1.29 is 0 Å². The van der Waals surface area contributed by atoms with Crippen molar-refractivity contribution in [3.05, 3.63) is 35.9 Å². The molecule has 2 rings (SSSR count). The van der Waals surface area contributed by atoms with Crippen LogP contribution in [0, 0.1) is 17.8 Å². The molecule has 1 saturated heterocycles. The summed E-state index contributed by atoms with van der Waals surface area (Å²) >= 11 is 0. The number of likely N-dealkylation sites (tertiary alicyclic amines) is 1. The Morgan fingerprint density at radius 1 is 1.18 bits per heavy atom. The summed E-state index contributed by atoms with van der Waals surface area (Å²) in [5.74, 6) is 7.12. The molecule has 0 amide bonds. The van der Waals surface area contributed by atoms with Crippen LogP contribution in [0.25, 0.3) is 0 Å². The minimum atomic E-state index is 0.338. The van der Waals surface area contributed by atoms with Crippen molar-refractivity contribution in [2.24, 2.45) is 5.92 Å². The van der Waals surface area contributed by atoms with Gasteiger partial charge in [0.05, 0.1) is 0 Å². The average Bonchev–Trinajstić information content (AvgIpc) is 2.55. The lowest BCUT2D eigenvalue weighted by Gasteiger charge is -2.45. The first-order valence-corrected chi connectivity index (χ1v) is 8.90. The smallest absolute Gasteiger partial charge is 0.00891 e. The predicted molar refractivity (Wildman–Crippen MR) is 95.9 cm³/mol. The fraction of sp³-hybridized carbons (Fsp3) is 0.619. The summed E-state index contributed by atoms with van der Waals surface area (Å²) in [5, 5.41) is 0. The van der Waals surface area contributed by atoms with Gasteiger partial charge in [0.1, 0.15) is 0 Å². The van der Waals surface area contributed by atoms with E-state index < -0.39 is 0 Å². The van der Waals surface area contributed by atoms with Gasteiger partial charge in [0, 0.05) is 19.4 Å². The van der Waals surface area contributed by atoms with E-state index in [0.29, 0.717) is 11.3 Å². The Morgan fingerprint density at radius 3 is 2.64 bits per heavy atom. The first kappa shape index (κ1) is 17.1. The molecule has 1 heteroatoms. The minimum Gasteiger partial charge on any atom is -0.303 e. The van der Waals surface area contributed by atoms with Crippen molar-refractivity contribution >= 4 is 0 Å². The molecule has 0 N–H and O–H groups in total. The number of piperidine rings is 1. The lowest BCUT2D eigenvalue weighted by Crippen LogP contribution is -2.47. The number of unbranched alkanes of at least 4 members (excludes halogenated alkanes) is 2. The monoisotopic (exact) mass is 297 g/mol. The topological polar surface area (TPSA) is 3.24 Å². The van der Waals surface area contributed by atoms with E-state index in [1.165, 1.54) is 44.5 Å². The molecule has 0 bridgehead atoms. The van der Waals surface area contributed by atoms with E-state index in [1.54, 1.807) is 0 Å². The Balaban J connectivity index is 1.80. The van der Waals surface area contributed by atoms with Gasteiger partial charge in [-0.05, 0) is 49.2 Å². The fourth-order valence-corrected chi connectivity index (χ4v) is 3.53. The van der Waals surface area contributed by atoms with Crippen LogP contribution in [0.4, 0.5) is 0 Å². The SMILES string of the molecule is CCC#CCCCCN1CCC(C)(c2ccccc2)C(C)C1. The van der Waals surface area contributed by atoms with Crippen LogP contribution < -0.4 is 0 Å². The largest absolute Gasteiger partial charge is 0.303 e. The Kier molecular flexibility index (Phi) is 6.52. The first-order chi connectivity index (χ1) is 10.7. The second-order valence-electron chi connectivity index (χ2n) is 6.90. The Bertz CT molecular complexity index is 496. The molecule has 1 aliphatic rings. The maximum atomic E-state index is 3.25. The Morgan fingerprint density at radius 2 is 1.95 bits per heavy atom. The zero-order chi connectivity index (χ0) is 15.8. The summed E-state index contributed by atoms with van der Waals surface area (Å²) in [6, 6.07) is 11.1. The zero-order valence-corrected chi connectivity index (χ0v) is 14.6. The molecular formula is C21H31N. The van der Waals surface area contributed by atoms with Crippen molar-refractivity contribution in [3.63, 3.8) is 0 Å². The van der Waals surface area contributed by atoms with Crippen LogP contribution in [0.3, 0.4) is 0 Å². The highest BCUT2D eigenvalue weighted by molar-refractivity contribution is 5.26. The number of hydrogen-bond acceptors (Lipinski definition) is 1. The van der Waals surface area contributed by atoms with E-state index >= 15 is 0 Å². The second-order valence-corrected chi connectivity index (χ2v) is 6.90. The normalized spacial score (nSPS) is 25.5. The molecule has 0 saturated carbocycles. The quantitative estimate of drug-likeness (QED) is 0.553. The lowest BCUT2D eigenvalue weighted by molar-refractivity contribution is 0.110. The molecular weight excluding hydrogens is 266 g/mol. The van der Waals surface area contributed by atoms with Gasteiger partial charge in [0.2, 0.25) is 0 Å². The number of hydrogen-bond donors (Lipinski definition) is 0. The third-order valence-electron chi connectivity index (χ3n) is 5.33. The molecule has 1 nitrogen and oxygen atoms in total. The Labute approximate surface area is 137 Å². The summed E-state index contributed by atoms with van der Waals surface area (Å²) in [5.41, 5.74) is 1.85. The molecule has 1 aliphatic heterocycles. The van der Waals surface area contributed by atoms with E-state index in [-0.39, 0.29) is 0 Å². The molecule has 1 heterocycles. The molecule has 1 fully saturated rings. The van der Waals surface area contributed by atoms with Crippen LogP contribution in [0.15, 0.2) is 30.3 Å². The molecule has 2 unspecified atom stereocenters. The third kappa shape index (κ3) is 4.37. The van der Waals surface area contributed by atoms with E-state index in [2.05, 4.69) is 67.8 Å². The second kappa shape index (κ2) is 8.39. The maximum Gasteiger partial charge on any atom is 0.00891 e. The highest BCUT2D eigenvalue weighted by atomic mass is 15.1. The van der Waals surface area contributed by atoms with Crippen LogP contribution in [0.1, 0.15) is 58.4 Å². The van der Waals surface area contributed by atoms with E-state index in [1.807, 2.05) is 0 Å². The Hall–Kier alpha value is -1.26. The summed E-state index contributed by atoms with van der Waals surface area (Å²) in [6.07, 6.45) is 5.86. The van der Waals surface area contributed by atoms with Crippen LogP contribution in [0.2, 0.25) is 0 Å². The lowest BCUT2D eigenvalue weighted by atomic mass is 9.68. The number of nitrogens with zero attached hydrogens (tertiary/aromatic N) is 1. The predicted octanol–water partition coefficient (Wildman–Crippen LogP) is 4.87. The summed E-state index contributed by atoms with van der Waals surface area (Å²) in [7, 11) is 0. The minimum absolute atomic E-state index is 0.338. The van der Waals surface area contributed by atoms with Gasteiger partial charge in [0.25, 0.3) is 0 Å². The number of rotatable bonds is 5. The van der Waals surface area contributed by atoms with Crippen LogP contribution >= 0.6 is 0 Å². The van der Waals surface area contributed by atoms with E-state index in [4.69, 9.17) is 0 Å². The standard InChI is InChI=1S/C21H31N/c1-4-5-6-7-8-12-16-22-17-15-21(3,19(2)18-22)20-13-10-9-11-14-20/h9-11,13-14,19H,4,7-8,12,15-18H2,1-3H3. The highest BCUT2D eigenvalue weighted by Crippen LogP contribution is 2.39. The molecule has 2 atom stereocenters. The average molecular weight is 297 g/mol. The van der Waals surface area contributed by atoms with Crippen LogP contribution in [-0.4, -0.2) is 24.5 Å². The highest BCUT2D eigenvalue weighted by Gasteiger charge is 2.37. The molecule has 0 radical (unpaired) electrons. The molecule has 22 heavy (non-hydrogen) atoms. The van der Waals surface area contributed by atoms with Gasteiger partial charge in [-0.15, -0.1) is 11.8 Å². The summed E-state index contributed by atoms with van der Waals surface area (Å²) in [4.78, 5) is 2.66. The van der Waals surface area contributed by atoms with Gasteiger partial charge in [-0.25, -0.2) is 0 Å². The van der Waals surface area contributed by atoms with Crippen molar-refractivity contribution in [2.45, 2.75) is 58.3 Å². The van der Waals surface area contributed by atoms with Gasteiger partial charge in [0.15, 0.2) is 0 Å². The molecule has 1 aromatic carbocycles. The van der Waals surface area contributed by atoms with Gasteiger partial charge < -0.3 is 4.90 Å². The van der Waals surface area contributed by atoms with Gasteiger partial charge in [-0.3, -0.25) is 0 Å². The molecule has 0 aliphatic carbocycles. The fourth-order valence-electron chi connectivity index (χ4n) is 3.53.